The Morgan fingerprint density at radius 2 is 2.12 bits per heavy atom. The maximum absolute atomic E-state index is 11.9. The number of nitrogens with two attached hydrogens (primary N) is 1. The zero-order valence-corrected chi connectivity index (χ0v) is 15.0. The molecule has 1 saturated heterocycles. The number of rotatable bonds is 5. The highest BCUT2D eigenvalue weighted by Crippen LogP contribution is 2.31. The van der Waals surface area contributed by atoms with E-state index in [-0.39, 0.29) is 18.2 Å². The maximum Gasteiger partial charge on any atom is 0.407 e. The Bertz CT molecular complexity index is 557. The Morgan fingerprint density at radius 1 is 1.42 bits per heavy atom. The molecular formula is C18H29N3O3. The number of amides is 1. The highest BCUT2D eigenvalue weighted by molar-refractivity contribution is 5.68. The maximum atomic E-state index is 11.9. The van der Waals surface area contributed by atoms with Gasteiger partial charge in [0, 0.05) is 31.2 Å². The molecule has 1 aromatic carbocycles. The first kappa shape index (κ1) is 18.5. The summed E-state index contributed by atoms with van der Waals surface area (Å²) in [6.07, 6.45) is 0.515. The van der Waals surface area contributed by atoms with Gasteiger partial charge in [0.1, 0.15) is 11.4 Å². The zero-order valence-electron chi connectivity index (χ0n) is 15.0. The Hall–Kier alpha value is -1.79. The molecule has 0 spiro atoms. The van der Waals surface area contributed by atoms with Gasteiger partial charge in [-0.3, -0.25) is 4.90 Å². The Kier molecular flexibility index (Phi) is 6.07. The summed E-state index contributed by atoms with van der Waals surface area (Å²) in [5.41, 5.74) is 6.63. The third-order valence-electron chi connectivity index (χ3n) is 4.10. The summed E-state index contributed by atoms with van der Waals surface area (Å²) in [5.74, 6) is 0.844. The van der Waals surface area contributed by atoms with E-state index in [1.807, 2.05) is 45.0 Å². The normalized spacial score (nSPS) is 19.8. The van der Waals surface area contributed by atoms with Crippen LogP contribution in [0.1, 0.15) is 38.8 Å². The third kappa shape index (κ3) is 4.85. The fourth-order valence-corrected chi connectivity index (χ4v) is 3.08. The summed E-state index contributed by atoms with van der Waals surface area (Å²) < 4.78 is 10.8. The SMILES string of the molecule is COc1ccccc1[C@@H](CN)N1CC[C@H](NC(=O)OC(C)(C)C)C1. The smallest absolute Gasteiger partial charge is 0.407 e. The van der Waals surface area contributed by atoms with E-state index >= 15 is 0 Å². The van der Waals surface area contributed by atoms with Crippen molar-refractivity contribution >= 4 is 6.09 Å². The van der Waals surface area contributed by atoms with Gasteiger partial charge < -0.3 is 20.5 Å². The molecule has 1 aromatic rings. The van der Waals surface area contributed by atoms with Gasteiger partial charge in [-0.25, -0.2) is 4.79 Å². The summed E-state index contributed by atoms with van der Waals surface area (Å²) in [6.45, 7) is 7.71. The van der Waals surface area contributed by atoms with Crippen LogP contribution in [-0.2, 0) is 4.74 Å². The topological polar surface area (TPSA) is 76.8 Å². The second kappa shape index (κ2) is 7.85. The van der Waals surface area contributed by atoms with Gasteiger partial charge in [-0.15, -0.1) is 0 Å². The van der Waals surface area contributed by atoms with Crippen molar-refractivity contribution in [2.24, 2.45) is 5.73 Å². The molecule has 1 heterocycles. The molecule has 2 atom stereocenters. The summed E-state index contributed by atoms with van der Waals surface area (Å²) in [5, 5.41) is 2.95. The minimum Gasteiger partial charge on any atom is -0.496 e. The van der Waals surface area contributed by atoms with Gasteiger partial charge in [0.15, 0.2) is 0 Å². The lowest BCUT2D eigenvalue weighted by molar-refractivity contribution is 0.0504. The number of nitrogens with zero attached hydrogens (tertiary/aromatic N) is 1. The predicted octanol–water partition coefficient (Wildman–Crippen LogP) is 2.29. The van der Waals surface area contributed by atoms with Crippen molar-refractivity contribution in [1.82, 2.24) is 10.2 Å². The number of nitrogens with one attached hydrogen (secondary N) is 1. The highest BCUT2D eigenvalue weighted by Gasteiger charge is 2.31. The lowest BCUT2D eigenvalue weighted by Gasteiger charge is -2.28. The molecule has 6 heteroatoms. The number of hydrogen-bond acceptors (Lipinski definition) is 5. The number of carbonyl (C=O) groups excluding carboxylic acids is 1. The van der Waals surface area contributed by atoms with E-state index in [2.05, 4.69) is 10.2 Å². The number of likely N-dealkylation sites (tertiary alicyclic amines) is 1. The Labute approximate surface area is 144 Å². The number of alkyl carbamates (subject to hydrolysis) is 1. The first-order chi connectivity index (χ1) is 11.3. The van der Waals surface area contributed by atoms with E-state index in [1.54, 1.807) is 7.11 Å². The zero-order chi connectivity index (χ0) is 17.7. The van der Waals surface area contributed by atoms with Gasteiger partial charge in [-0.1, -0.05) is 18.2 Å². The molecule has 1 aliphatic heterocycles. The summed E-state index contributed by atoms with van der Waals surface area (Å²) >= 11 is 0. The molecule has 0 unspecified atom stereocenters. The van der Waals surface area contributed by atoms with Crippen LogP contribution in [0.3, 0.4) is 0 Å². The van der Waals surface area contributed by atoms with Crippen molar-refractivity contribution in [3.8, 4) is 5.75 Å². The summed E-state index contributed by atoms with van der Waals surface area (Å²) in [7, 11) is 1.67. The minimum absolute atomic E-state index is 0.0728. The van der Waals surface area contributed by atoms with E-state index in [4.69, 9.17) is 15.2 Å². The molecule has 24 heavy (non-hydrogen) atoms. The molecule has 0 saturated carbocycles. The molecule has 1 fully saturated rings. The van der Waals surface area contributed by atoms with Crippen LogP contribution in [0.15, 0.2) is 24.3 Å². The number of methoxy groups -OCH3 is 1. The molecule has 1 aliphatic rings. The molecule has 1 amide bonds. The fraction of sp³-hybridized carbons (Fsp3) is 0.611. The number of hydrogen-bond donors (Lipinski definition) is 2. The summed E-state index contributed by atoms with van der Waals surface area (Å²) in [6, 6.07) is 8.09. The quantitative estimate of drug-likeness (QED) is 0.863. The van der Waals surface area contributed by atoms with Crippen LogP contribution in [0.5, 0.6) is 5.75 Å². The van der Waals surface area contributed by atoms with Crippen molar-refractivity contribution in [2.45, 2.75) is 44.9 Å². The monoisotopic (exact) mass is 335 g/mol. The first-order valence-electron chi connectivity index (χ1n) is 8.40. The van der Waals surface area contributed by atoms with Crippen LogP contribution in [0.25, 0.3) is 0 Å². The van der Waals surface area contributed by atoms with Crippen LogP contribution < -0.4 is 15.8 Å². The lowest BCUT2D eigenvalue weighted by Crippen LogP contribution is -2.41. The van der Waals surface area contributed by atoms with Gasteiger partial charge in [0.2, 0.25) is 0 Å². The van der Waals surface area contributed by atoms with Crippen molar-refractivity contribution in [1.29, 1.82) is 0 Å². The number of carbonyl (C=O) groups is 1. The van der Waals surface area contributed by atoms with E-state index in [0.717, 1.165) is 30.8 Å². The molecule has 0 bridgehead atoms. The Morgan fingerprint density at radius 3 is 2.75 bits per heavy atom. The van der Waals surface area contributed by atoms with E-state index in [1.165, 1.54) is 0 Å². The standard InChI is InChI=1S/C18H29N3O3/c1-18(2,3)24-17(22)20-13-9-10-21(12-13)15(11-19)14-7-5-6-8-16(14)23-4/h5-8,13,15H,9-12,19H2,1-4H3,(H,20,22)/t13-,15+/m0/s1. The van der Waals surface area contributed by atoms with Crippen LogP contribution in [0.2, 0.25) is 0 Å². The molecule has 6 nitrogen and oxygen atoms in total. The molecule has 134 valence electrons. The second-order valence-electron chi connectivity index (χ2n) is 7.12. The van der Waals surface area contributed by atoms with Crippen LogP contribution in [0.4, 0.5) is 4.79 Å². The van der Waals surface area contributed by atoms with E-state index in [9.17, 15) is 4.79 Å². The average molecular weight is 335 g/mol. The van der Waals surface area contributed by atoms with Gasteiger partial charge >= 0.3 is 6.09 Å². The predicted molar refractivity (Wildman–Crippen MR) is 94.1 cm³/mol. The largest absolute Gasteiger partial charge is 0.496 e. The number of ether oxygens (including phenoxy) is 2. The number of para-hydroxylation sites is 1. The molecule has 0 aliphatic carbocycles. The van der Waals surface area contributed by atoms with Crippen LogP contribution in [-0.4, -0.2) is 49.4 Å². The van der Waals surface area contributed by atoms with Crippen molar-refractivity contribution in [2.75, 3.05) is 26.7 Å². The third-order valence-corrected chi connectivity index (χ3v) is 4.10. The van der Waals surface area contributed by atoms with E-state index in [0.29, 0.717) is 6.54 Å². The van der Waals surface area contributed by atoms with Gasteiger partial charge in [-0.05, 0) is 33.3 Å². The van der Waals surface area contributed by atoms with E-state index < -0.39 is 5.60 Å². The van der Waals surface area contributed by atoms with Crippen molar-refractivity contribution in [3.63, 3.8) is 0 Å². The van der Waals surface area contributed by atoms with Crippen LogP contribution in [0, 0.1) is 0 Å². The molecule has 2 rings (SSSR count). The molecular weight excluding hydrogens is 306 g/mol. The molecule has 0 radical (unpaired) electrons. The first-order valence-corrected chi connectivity index (χ1v) is 8.40. The fourth-order valence-electron chi connectivity index (χ4n) is 3.08. The highest BCUT2D eigenvalue weighted by atomic mass is 16.6. The molecule has 3 N–H and O–H groups in total. The minimum atomic E-state index is -0.487. The Balaban J connectivity index is 1.99. The summed E-state index contributed by atoms with van der Waals surface area (Å²) in [4.78, 5) is 14.2. The molecule has 0 aromatic heterocycles. The second-order valence-corrected chi connectivity index (χ2v) is 7.12. The lowest BCUT2D eigenvalue weighted by atomic mass is 10.0. The van der Waals surface area contributed by atoms with Gasteiger partial charge in [0.05, 0.1) is 13.2 Å². The average Bonchev–Trinajstić information content (AvgIpc) is 2.94. The number of benzene rings is 1. The van der Waals surface area contributed by atoms with Crippen molar-refractivity contribution in [3.05, 3.63) is 29.8 Å². The van der Waals surface area contributed by atoms with Gasteiger partial charge in [0.25, 0.3) is 0 Å². The van der Waals surface area contributed by atoms with Crippen molar-refractivity contribution < 1.29 is 14.3 Å². The van der Waals surface area contributed by atoms with Crippen LogP contribution >= 0.6 is 0 Å². The van der Waals surface area contributed by atoms with Gasteiger partial charge in [-0.2, -0.15) is 0 Å².